The average Bonchev–Trinajstić information content (AvgIpc) is 2.64. The highest BCUT2D eigenvalue weighted by Gasteiger charge is 2.19. The van der Waals surface area contributed by atoms with Gasteiger partial charge in [0.1, 0.15) is 0 Å². The summed E-state index contributed by atoms with van der Waals surface area (Å²) in [5.41, 5.74) is 3.16. The van der Waals surface area contributed by atoms with E-state index in [4.69, 9.17) is 0 Å². The molecule has 2 heterocycles. The number of anilines is 2. The third-order valence-corrected chi connectivity index (χ3v) is 4.53. The number of carbonyl (C=O) groups is 1. The van der Waals surface area contributed by atoms with E-state index in [9.17, 15) is 4.79 Å². The zero-order valence-corrected chi connectivity index (χ0v) is 14.9. The molecule has 1 fully saturated rings. The molecule has 1 saturated heterocycles. The van der Waals surface area contributed by atoms with Crippen molar-refractivity contribution in [3.05, 3.63) is 47.8 Å². The van der Waals surface area contributed by atoms with Gasteiger partial charge in [-0.3, -0.25) is 9.69 Å². The van der Waals surface area contributed by atoms with E-state index in [0.717, 1.165) is 55.5 Å². The molecule has 0 spiro atoms. The van der Waals surface area contributed by atoms with Gasteiger partial charge < -0.3 is 10.2 Å². The topological polar surface area (TPSA) is 61.4 Å². The molecule has 0 bridgehead atoms. The summed E-state index contributed by atoms with van der Waals surface area (Å²) in [7, 11) is 0. The van der Waals surface area contributed by atoms with Gasteiger partial charge in [-0.2, -0.15) is 0 Å². The van der Waals surface area contributed by atoms with Gasteiger partial charge in [-0.15, -0.1) is 0 Å². The van der Waals surface area contributed by atoms with Crippen LogP contribution in [-0.2, 0) is 4.79 Å². The number of nitrogens with zero attached hydrogens (tertiary/aromatic N) is 4. The summed E-state index contributed by atoms with van der Waals surface area (Å²) in [6.45, 7) is 8.46. The summed E-state index contributed by atoms with van der Waals surface area (Å²) in [6, 6.07) is 7.94. The molecule has 1 N–H and O–H groups in total. The number of piperazine rings is 1. The van der Waals surface area contributed by atoms with Crippen LogP contribution in [0.15, 0.2) is 36.7 Å². The second kappa shape index (κ2) is 8.07. The van der Waals surface area contributed by atoms with E-state index in [0.29, 0.717) is 6.42 Å². The number of carbonyl (C=O) groups excluding carboxylic acids is 1. The second-order valence-electron chi connectivity index (χ2n) is 6.49. The van der Waals surface area contributed by atoms with Crippen molar-refractivity contribution in [2.75, 3.05) is 42.9 Å². The van der Waals surface area contributed by atoms with Crippen molar-refractivity contribution in [2.45, 2.75) is 20.3 Å². The SMILES string of the molecule is Cc1ccc(C)c(NC(=O)CCN2CCN(c3ncccn3)CC2)c1. The highest BCUT2D eigenvalue weighted by atomic mass is 16.1. The molecule has 1 aromatic carbocycles. The van der Waals surface area contributed by atoms with E-state index in [1.807, 2.05) is 32.0 Å². The first kappa shape index (κ1) is 17.4. The first-order valence-corrected chi connectivity index (χ1v) is 8.73. The van der Waals surface area contributed by atoms with Gasteiger partial charge in [0, 0.05) is 57.2 Å². The van der Waals surface area contributed by atoms with Gasteiger partial charge in [0.25, 0.3) is 0 Å². The van der Waals surface area contributed by atoms with Gasteiger partial charge in [-0.25, -0.2) is 9.97 Å². The second-order valence-corrected chi connectivity index (χ2v) is 6.49. The van der Waals surface area contributed by atoms with Crippen molar-refractivity contribution in [3.63, 3.8) is 0 Å². The smallest absolute Gasteiger partial charge is 0.225 e. The first-order valence-electron chi connectivity index (χ1n) is 8.73. The molecule has 1 aliphatic rings. The third kappa shape index (κ3) is 4.76. The fourth-order valence-corrected chi connectivity index (χ4v) is 2.97. The number of benzene rings is 1. The molecule has 3 rings (SSSR count). The van der Waals surface area contributed by atoms with Crippen LogP contribution in [0, 0.1) is 13.8 Å². The van der Waals surface area contributed by atoms with Crippen LogP contribution in [-0.4, -0.2) is 53.5 Å². The van der Waals surface area contributed by atoms with E-state index >= 15 is 0 Å². The van der Waals surface area contributed by atoms with Crippen molar-refractivity contribution in [1.82, 2.24) is 14.9 Å². The molecular formula is C19H25N5O. The molecule has 0 aliphatic carbocycles. The highest BCUT2D eigenvalue weighted by molar-refractivity contribution is 5.91. The summed E-state index contributed by atoms with van der Waals surface area (Å²) in [5.74, 6) is 0.859. The predicted octanol–water partition coefficient (Wildman–Crippen LogP) is 2.24. The highest BCUT2D eigenvalue weighted by Crippen LogP contribution is 2.16. The van der Waals surface area contributed by atoms with Crippen LogP contribution in [0.4, 0.5) is 11.6 Å². The van der Waals surface area contributed by atoms with Crippen molar-refractivity contribution < 1.29 is 4.79 Å². The maximum Gasteiger partial charge on any atom is 0.225 e. The van der Waals surface area contributed by atoms with Crippen LogP contribution in [0.1, 0.15) is 17.5 Å². The molecule has 6 nitrogen and oxygen atoms in total. The first-order chi connectivity index (χ1) is 12.1. The molecular weight excluding hydrogens is 314 g/mol. The lowest BCUT2D eigenvalue weighted by Gasteiger charge is -2.34. The van der Waals surface area contributed by atoms with E-state index < -0.39 is 0 Å². The van der Waals surface area contributed by atoms with E-state index in [2.05, 4.69) is 31.2 Å². The number of aryl methyl sites for hydroxylation is 2. The molecule has 0 radical (unpaired) electrons. The van der Waals surface area contributed by atoms with Gasteiger partial charge in [-0.05, 0) is 37.1 Å². The normalized spacial score (nSPS) is 15.2. The summed E-state index contributed by atoms with van der Waals surface area (Å²) < 4.78 is 0. The Morgan fingerprint density at radius 3 is 2.56 bits per heavy atom. The molecule has 0 saturated carbocycles. The number of aromatic nitrogens is 2. The lowest BCUT2D eigenvalue weighted by atomic mass is 10.1. The number of amides is 1. The minimum atomic E-state index is 0.0718. The molecule has 2 aromatic rings. The van der Waals surface area contributed by atoms with Gasteiger partial charge >= 0.3 is 0 Å². The molecule has 1 aliphatic heterocycles. The lowest BCUT2D eigenvalue weighted by molar-refractivity contribution is -0.116. The molecule has 6 heteroatoms. The monoisotopic (exact) mass is 339 g/mol. The average molecular weight is 339 g/mol. The predicted molar refractivity (Wildman–Crippen MR) is 99.8 cm³/mol. The van der Waals surface area contributed by atoms with Crippen molar-refractivity contribution in [1.29, 1.82) is 0 Å². The third-order valence-electron chi connectivity index (χ3n) is 4.53. The van der Waals surface area contributed by atoms with Gasteiger partial charge in [0.2, 0.25) is 11.9 Å². The van der Waals surface area contributed by atoms with Gasteiger partial charge in [-0.1, -0.05) is 12.1 Å². The summed E-state index contributed by atoms with van der Waals surface area (Å²) >= 11 is 0. The Balaban J connectivity index is 1.44. The standard InChI is InChI=1S/C19H25N5O/c1-15-4-5-16(2)17(14-15)22-18(25)6-9-23-10-12-24(13-11-23)19-20-7-3-8-21-19/h3-5,7-8,14H,6,9-13H2,1-2H3,(H,22,25). The Labute approximate surface area is 148 Å². The number of hydrogen-bond acceptors (Lipinski definition) is 5. The Morgan fingerprint density at radius 2 is 1.84 bits per heavy atom. The largest absolute Gasteiger partial charge is 0.338 e. The van der Waals surface area contributed by atoms with Crippen LogP contribution >= 0.6 is 0 Å². The van der Waals surface area contributed by atoms with E-state index in [1.165, 1.54) is 0 Å². The molecule has 1 amide bonds. The number of nitrogens with one attached hydrogen (secondary N) is 1. The Kier molecular flexibility index (Phi) is 5.60. The summed E-state index contributed by atoms with van der Waals surface area (Å²) in [6.07, 6.45) is 4.05. The zero-order chi connectivity index (χ0) is 17.6. The van der Waals surface area contributed by atoms with Crippen LogP contribution < -0.4 is 10.2 Å². The quantitative estimate of drug-likeness (QED) is 0.905. The molecule has 1 aromatic heterocycles. The fraction of sp³-hybridized carbons (Fsp3) is 0.421. The zero-order valence-electron chi connectivity index (χ0n) is 14.9. The summed E-state index contributed by atoms with van der Waals surface area (Å²) in [4.78, 5) is 25.3. The van der Waals surface area contributed by atoms with Crippen LogP contribution in [0.25, 0.3) is 0 Å². The Bertz CT molecular complexity index is 711. The molecule has 0 atom stereocenters. The van der Waals surface area contributed by atoms with Crippen LogP contribution in [0.2, 0.25) is 0 Å². The van der Waals surface area contributed by atoms with Gasteiger partial charge in [0.15, 0.2) is 0 Å². The van der Waals surface area contributed by atoms with Gasteiger partial charge in [0.05, 0.1) is 0 Å². The summed E-state index contributed by atoms with van der Waals surface area (Å²) in [5, 5.41) is 3.03. The Hall–Kier alpha value is -2.47. The maximum atomic E-state index is 12.2. The Morgan fingerprint density at radius 1 is 1.12 bits per heavy atom. The minimum absolute atomic E-state index is 0.0718. The van der Waals surface area contributed by atoms with Crippen LogP contribution in [0.5, 0.6) is 0 Å². The number of hydrogen-bond donors (Lipinski definition) is 1. The van der Waals surface area contributed by atoms with Crippen molar-refractivity contribution >= 4 is 17.5 Å². The van der Waals surface area contributed by atoms with Crippen molar-refractivity contribution in [2.24, 2.45) is 0 Å². The lowest BCUT2D eigenvalue weighted by Crippen LogP contribution is -2.47. The van der Waals surface area contributed by atoms with E-state index in [1.54, 1.807) is 12.4 Å². The van der Waals surface area contributed by atoms with Crippen LogP contribution in [0.3, 0.4) is 0 Å². The van der Waals surface area contributed by atoms with E-state index in [-0.39, 0.29) is 5.91 Å². The molecule has 0 unspecified atom stereocenters. The molecule has 25 heavy (non-hydrogen) atoms. The van der Waals surface area contributed by atoms with Crippen molar-refractivity contribution in [3.8, 4) is 0 Å². The minimum Gasteiger partial charge on any atom is -0.338 e. The fourth-order valence-electron chi connectivity index (χ4n) is 2.97. The maximum absolute atomic E-state index is 12.2. The number of rotatable bonds is 5. The molecule has 132 valence electrons.